The van der Waals surface area contributed by atoms with Gasteiger partial charge in [0, 0.05) is 68.6 Å². The summed E-state index contributed by atoms with van der Waals surface area (Å²) in [6.07, 6.45) is -0.846. The molecule has 47 heavy (non-hydrogen) atoms. The Labute approximate surface area is 265 Å². The Morgan fingerprint density at radius 2 is 1.62 bits per heavy atom. The first kappa shape index (κ1) is 36.9. The van der Waals surface area contributed by atoms with E-state index in [0.29, 0.717) is 6.54 Å². The van der Waals surface area contributed by atoms with Crippen molar-refractivity contribution in [3.8, 4) is 0 Å². The molecule has 0 saturated carbocycles. The zero-order chi connectivity index (χ0) is 35.0. The van der Waals surface area contributed by atoms with Crippen LogP contribution in [0.1, 0.15) is 55.6 Å². The third-order valence-electron chi connectivity index (χ3n) is 7.62. The molecule has 1 amide bonds. The van der Waals surface area contributed by atoms with Gasteiger partial charge in [0.1, 0.15) is 0 Å². The van der Waals surface area contributed by atoms with E-state index in [4.69, 9.17) is 19.8 Å². The molecule has 5 rings (SSSR count). The second-order valence-corrected chi connectivity index (χ2v) is 11.3. The van der Waals surface area contributed by atoms with E-state index < -0.39 is 29.7 Å². The van der Waals surface area contributed by atoms with Gasteiger partial charge in [0.25, 0.3) is 0 Å². The van der Waals surface area contributed by atoms with E-state index in [1.165, 1.54) is 11.3 Å². The fourth-order valence-electron chi connectivity index (χ4n) is 5.70. The smallest absolute Gasteiger partial charge is 0.475 e. The molecule has 2 aliphatic heterocycles. The number of halogens is 6. The number of amides is 1. The van der Waals surface area contributed by atoms with E-state index in [-0.39, 0.29) is 17.9 Å². The number of aromatic nitrogens is 4. The van der Waals surface area contributed by atoms with Crippen molar-refractivity contribution in [2.45, 2.75) is 64.1 Å². The Bertz CT molecular complexity index is 1460. The van der Waals surface area contributed by atoms with Crippen LogP contribution in [-0.2, 0) is 27.5 Å². The minimum Gasteiger partial charge on any atom is -0.475 e. The van der Waals surface area contributed by atoms with Crippen LogP contribution >= 0.6 is 0 Å². The SMILES string of the molecule is CC(C)n1nccc1[C@@H]1CN(Cc2cccnc2)C[C@]12CCCN(Cc1ccccn1)C2=O.O=C(O)C(F)(F)F.O=C(O)C(F)(F)F. The summed E-state index contributed by atoms with van der Waals surface area (Å²) in [5.41, 5.74) is 2.85. The molecule has 0 radical (unpaired) electrons. The molecule has 2 aliphatic rings. The average molecular weight is 673 g/mol. The van der Waals surface area contributed by atoms with Crippen LogP contribution in [0, 0.1) is 5.41 Å². The number of hydrogen-bond acceptors (Lipinski definition) is 7. The molecule has 17 heteroatoms. The van der Waals surface area contributed by atoms with Gasteiger partial charge in [-0.25, -0.2) is 9.59 Å². The first-order chi connectivity index (χ1) is 22.0. The number of nitrogens with zero attached hydrogens (tertiary/aromatic N) is 6. The molecule has 0 aromatic carbocycles. The fourth-order valence-corrected chi connectivity index (χ4v) is 5.70. The maximum Gasteiger partial charge on any atom is 0.490 e. The monoisotopic (exact) mass is 672 g/mol. The predicted molar refractivity (Wildman–Crippen MR) is 154 cm³/mol. The standard InChI is InChI=1S/C26H32N6O.2C2HF3O2/c1-20(2)32-24(9-13-29-32)23-18-30(16-21-7-5-11-27-15-21)19-26(23)10-6-14-31(25(26)33)17-22-8-3-4-12-28-22;2*3-2(4,5)1(6)7/h3-5,7-9,11-13,15,20,23H,6,10,14,16-19H2,1-2H3;2*(H,6,7)/t23-,26+;;/m0../s1. The lowest BCUT2D eigenvalue weighted by Crippen LogP contribution is -2.52. The van der Waals surface area contributed by atoms with E-state index in [2.05, 4.69) is 50.6 Å². The van der Waals surface area contributed by atoms with Crippen LogP contribution in [0.15, 0.2) is 61.2 Å². The normalized spacial score (nSPS) is 20.0. The number of pyridine rings is 2. The minimum atomic E-state index is -5.08. The summed E-state index contributed by atoms with van der Waals surface area (Å²) < 4.78 is 65.6. The highest BCUT2D eigenvalue weighted by Gasteiger charge is 2.56. The zero-order valence-corrected chi connectivity index (χ0v) is 25.4. The number of carbonyl (C=O) groups excluding carboxylic acids is 1. The second-order valence-electron chi connectivity index (χ2n) is 11.3. The molecule has 3 aromatic rings. The third-order valence-corrected chi connectivity index (χ3v) is 7.62. The summed E-state index contributed by atoms with van der Waals surface area (Å²) in [5, 5.41) is 18.9. The number of aliphatic carboxylic acids is 2. The van der Waals surface area contributed by atoms with Crippen molar-refractivity contribution in [2.75, 3.05) is 19.6 Å². The number of rotatable bonds is 6. The Morgan fingerprint density at radius 3 is 2.15 bits per heavy atom. The van der Waals surface area contributed by atoms with Gasteiger partial charge in [-0.15, -0.1) is 0 Å². The van der Waals surface area contributed by atoms with Crippen LogP contribution in [0.5, 0.6) is 0 Å². The van der Waals surface area contributed by atoms with E-state index in [0.717, 1.165) is 44.7 Å². The van der Waals surface area contributed by atoms with Gasteiger partial charge in [0.2, 0.25) is 5.91 Å². The second kappa shape index (κ2) is 15.4. The Kier molecular flexibility index (Phi) is 12.1. The van der Waals surface area contributed by atoms with Crippen molar-refractivity contribution in [1.29, 1.82) is 0 Å². The van der Waals surface area contributed by atoms with Crippen molar-refractivity contribution in [3.05, 3.63) is 78.1 Å². The Balaban J connectivity index is 0.000000360. The molecular formula is C30H34F6N6O5. The summed E-state index contributed by atoms with van der Waals surface area (Å²) in [6, 6.07) is 12.4. The summed E-state index contributed by atoms with van der Waals surface area (Å²) >= 11 is 0. The van der Waals surface area contributed by atoms with Gasteiger partial charge in [0.05, 0.1) is 17.7 Å². The fraction of sp³-hybridized carbons (Fsp3) is 0.467. The molecule has 256 valence electrons. The number of carboxylic acid groups (broad SMARTS) is 2. The topological polar surface area (TPSA) is 142 Å². The largest absolute Gasteiger partial charge is 0.490 e. The molecule has 5 heterocycles. The Hall–Kier alpha value is -4.54. The van der Waals surface area contributed by atoms with Crippen molar-refractivity contribution in [2.24, 2.45) is 5.41 Å². The lowest BCUT2D eigenvalue weighted by Gasteiger charge is -2.42. The van der Waals surface area contributed by atoms with E-state index in [1.54, 1.807) is 12.4 Å². The molecular weight excluding hydrogens is 638 g/mol. The zero-order valence-electron chi connectivity index (χ0n) is 25.4. The van der Waals surface area contributed by atoms with Crippen molar-refractivity contribution in [1.82, 2.24) is 29.5 Å². The number of carbonyl (C=O) groups is 3. The van der Waals surface area contributed by atoms with Crippen LogP contribution in [0.4, 0.5) is 26.3 Å². The number of alkyl halides is 6. The van der Waals surface area contributed by atoms with Crippen molar-refractivity contribution >= 4 is 17.8 Å². The maximum atomic E-state index is 14.2. The first-order valence-corrected chi connectivity index (χ1v) is 14.4. The van der Waals surface area contributed by atoms with Gasteiger partial charge < -0.3 is 15.1 Å². The molecule has 0 unspecified atom stereocenters. The molecule has 2 N–H and O–H groups in total. The quantitative estimate of drug-likeness (QED) is 0.349. The first-order valence-electron chi connectivity index (χ1n) is 14.4. The number of piperidine rings is 1. The molecule has 3 aromatic heterocycles. The van der Waals surface area contributed by atoms with Crippen LogP contribution in [0.3, 0.4) is 0 Å². The highest BCUT2D eigenvalue weighted by molar-refractivity contribution is 5.85. The maximum absolute atomic E-state index is 14.2. The summed E-state index contributed by atoms with van der Waals surface area (Å²) in [7, 11) is 0. The minimum absolute atomic E-state index is 0.109. The highest BCUT2D eigenvalue weighted by Crippen LogP contribution is 2.50. The van der Waals surface area contributed by atoms with Crippen molar-refractivity contribution < 1.29 is 50.9 Å². The van der Waals surface area contributed by atoms with Crippen LogP contribution in [0.2, 0.25) is 0 Å². The average Bonchev–Trinajstić information content (AvgIpc) is 3.62. The van der Waals surface area contributed by atoms with Crippen molar-refractivity contribution in [3.63, 3.8) is 0 Å². The van der Waals surface area contributed by atoms with Gasteiger partial charge >= 0.3 is 24.3 Å². The van der Waals surface area contributed by atoms with Crippen LogP contribution < -0.4 is 0 Å². The molecule has 11 nitrogen and oxygen atoms in total. The predicted octanol–water partition coefficient (Wildman–Crippen LogP) is 4.93. The Morgan fingerprint density at radius 1 is 0.957 bits per heavy atom. The van der Waals surface area contributed by atoms with E-state index in [9.17, 15) is 31.1 Å². The molecule has 2 fully saturated rings. The summed E-state index contributed by atoms with van der Waals surface area (Å²) in [5.74, 6) is -5.15. The third kappa shape index (κ3) is 9.73. The van der Waals surface area contributed by atoms with Gasteiger partial charge in [-0.2, -0.15) is 31.4 Å². The summed E-state index contributed by atoms with van der Waals surface area (Å²) in [6.45, 7) is 8.07. The highest BCUT2D eigenvalue weighted by atomic mass is 19.4. The lowest BCUT2D eigenvalue weighted by atomic mass is 9.70. The molecule has 0 aliphatic carbocycles. The van der Waals surface area contributed by atoms with E-state index >= 15 is 0 Å². The summed E-state index contributed by atoms with van der Waals surface area (Å²) in [4.78, 5) is 45.2. The van der Waals surface area contributed by atoms with Gasteiger partial charge in [-0.05, 0) is 56.5 Å². The lowest BCUT2D eigenvalue weighted by molar-refractivity contribution is -0.193. The van der Waals surface area contributed by atoms with Gasteiger partial charge in [0.15, 0.2) is 0 Å². The van der Waals surface area contributed by atoms with E-state index in [1.807, 2.05) is 41.6 Å². The molecule has 1 spiro atoms. The number of hydrogen-bond donors (Lipinski definition) is 2. The molecule has 2 saturated heterocycles. The van der Waals surface area contributed by atoms with Crippen LogP contribution in [0.25, 0.3) is 0 Å². The van der Waals surface area contributed by atoms with Crippen LogP contribution in [-0.4, -0.2) is 89.6 Å². The number of likely N-dealkylation sites (tertiary alicyclic amines) is 2. The number of carboxylic acids is 2. The van der Waals surface area contributed by atoms with Gasteiger partial charge in [-0.1, -0.05) is 12.1 Å². The molecule has 2 atom stereocenters. The molecule has 0 bridgehead atoms. The van der Waals surface area contributed by atoms with Gasteiger partial charge in [-0.3, -0.25) is 24.3 Å².